The number of carbonyl (C=O) groups is 2. The lowest BCUT2D eigenvalue weighted by molar-refractivity contribution is -0.119. The van der Waals surface area contributed by atoms with Crippen LogP contribution in [-0.4, -0.2) is 21.7 Å². The van der Waals surface area contributed by atoms with Crippen molar-refractivity contribution in [1.82, 2.24) is 9.97 Å². The summed E-state index contributed by atoms with van der Waals surface area (Å²) in [5, 5.41) is 0.516. The van der Waals surface area contributed by atoms with Gasteiger partial charge in [-0.05, 0) is 55.0 Å². The van der Waals surface area contributed by atoms with Crippen molar-refractivity contribution in [3.05, 3.63) is 65.4 Å². The number of rotatable bonds is 6. The van der Waals surface area contributed by atoms with Crippen molar-refractivity contribution in [1.29, 1.82) is 0 Å². The maximum atomic E-state index is 13.4. The predicted octanol–water partition coefficient (Wildman–Crippen LogP) is 5.04. The summed E-state index contributed by atoms with van der Waals surface area (Å²) in [5.41, 5.74) is 0.607. The summed E-state index contributed by atoms with van der Waals surface area (Å²) in [5.74, 6) is -3.61. The second-order valence-electron chi connectivity index (χ2n) is 6.75. The first-order valence-electron chi connectivity index (χ1n) is 14.5. The lowest BCUT2D eigenvalue weighted by Gasteiger charge is -2.24. The zero-order valence-corrected chi connectivity index (χ0v) is 15.3. The van der Waals surface area contributed by atoms with E-state index < -0.39 is 63.4 Å². The standard InChI is InChI=1S/C24H25N3O2/c1-15(2)8-12-18(28)14-21-19-6-4-5-7-20(19)24(29)27(21)22-13-11-17-10-9-16(3)25-23(17)26-22/h4-7,9-11,13,15,21H,8,12,14H2,1-3H3/t21-/m0/s1/i1D3,2D3,3D3,8D2. The van der Waals surface area contributed by atoms with Gasteiger partial charge in [-0.25, -0.2) is 9.97 Å². The van der Waals surface area contributed by atoms with Crippen molar-refractivity contribution in [2.75, 3.05) is 4.90 Å². The summed E-state index contributed by atoms with van der Waals surface area (Å²) in [6.45, 7) is -8.86. The highest BCUT2D eigenvalue weighted by Gasteiger charge is 2.39. The number of fused-ring (bicyclic) bond motifs is 2. The normalized spacial score (nSPS) is 23.3. The van der Waals surface area contributed by atoms with Gasteiger partial charge in [-0.1, -0.05) is 31.9 Å². The molecule has 1 atom stereocenters. The van der Waals surface area contributed by atoms with E-state index in [0.717, 1.165) is 0 Å². The number of carbonyl (C=O) groups excluding carboxylic acids is 2. The highest BCUT2D eigenvalue weighted by molar-refractivity contribution is 6.11. The molecule has 3 heterocycles. The molecule has 1 aliphatic heterocycles. The van der Waals surface area contributed by atoms with Crippen molar-refractivity contribution in [2.45, 2.75) is 45.8 Å². The number of aromatic nitrogens is 2. The van der Waals surface area contributed by atoms with Crippen LogP contribution in [0.3, 0.4) is 0 Å². The van der Waals surface area contributed by atoms with Gasteiger partial charge in [-0.2, -0.15) is 0 Å². The minimum atomic E-state index is -3.19. The molecule has 4 rings (SSSR count). The molecule has 0 N–H and O–H groups in total. The van der Waals surface area contributed by atoms with Gasteiger partial charge in [0, 0.05) is 44.6 Å². The molecular formula is C24H25N3O2. The second-order valence-corrected chi connectivity index (χ2v) is 6.75. The van der Waals surface area contributed by atoms with Gasteiger partial charge in [0.25, 0.3) is 5.91 Å². The molecule has 0 unspecified atom stereocenters. The van der Waals surface area contributed by atoms with Crippen LogP contribution in [0.5, 0.6) is 0 Å². The molecule has 1 amide bonds. The van der Waals surface area contributed by atoms with Gasteiger partial charge in [0.05, 0.1) is 6.04 Å². The zero-order chi connectivity index (χ0) is 29.8. The number of hydrogen-bond acceptors (Lipinski definition) is 4. The summed E-state index contributed by atoms with van der Waals surface area (Å²) in [4.78, 5) is 36.4. The van der Waals surface area contributed by atoms with Crippen LogP contribution in [0.15, 0.2) is 48.5 Å². The van der Waals surface area contributed by atoms with Crippen molar-refractivity contribution in [3.63, 3.8) is 0 Å². The Hall–Kier alpha value is -3.08. The van der Waals surface area contributed by atoms with E-state index in [9.17, 15) is 9.59 Å². The maximum Gasteiger partial charge on any atom is 0.260 e. The van der Waals surface area contributed by atoms with E-state index in [1.165, 1.54) is 23.1 Å². The fourth-order valence-corrected chi connectivity index (χ4v) is 3.48. The fraction of sp³-hybridized carbons (Fsp3) is 0.333. The van der Waals surface area contributed by atoms with Crippen molar-refractivity contribution in [2.24, 2.45) is 5.92 Å². The molecule has 1 aliphatic rings. The molecule has 0 radical (unpaired) electrons. The number of amides is 1. The third-order valence-electron chi connectivity index (χ3n) is 4.79. The second kappa shape index (κ2) is 7.74. The predicted molar refractivity (Wildman–Crippen MR) is 114 cm³/mol. The highest BCUT2D eigenvalue weighted by Crippen LogP contribution is 2.39. The molecule has 5 nitrogen and oxygen atoms in total. The molecule has 0 fully saturated rings. The van der Waals surface area contributed by atoms with E-state index in [-0.39, 0.29) is 22.7 Å². The average Bonchev–Trinajstić information content (AvgIpc) is 3.06. The lowest BCUT2D eigenvalue weighted by atomic mass is 9.97. The monoisotopic (exact) mass is 398 g/mol. The van der Waals surface area contributed by atoms with E-state index in [1.807, 2.05) is 0 Å². The molecule has 1 aromatic carbocycles. The van der Waals surface area contributed by atoms with Crippen LogP contribution >= 0.6 is 0 Å². The summed E-state index contributed by atoms with van der Waals surface area (Å²) < 4.78 is 84.8. The highest BCUT2D eigenvalue weighted by atomic mass is 16.2. The Morgan fingerprint density at radius 1 is 1.17 bits per heavy atom. The van der Waals surface area contributed by atoms with Crippen LogP contribution in [-0.2, 0) is 4.79 Å². The first-order valence-corrected chi connectivity index (χ1v) is 9.03. The van der Waals surface area contributed by atoms with E-state index in [4.69, 9.17) is 15.1 Å². The Kier molecular flexibility index (Phi) is 2.70. The number of Topliss-reactive ketones (excluding diaryl/α,β-unsaturated/α-hetero) is 1. The van der Waals surface area contributed by atoms with Gasteiger partial charge >= 0.3 is 0 Å². The first-order chi connectivity index (χ1) is 18.3. The van der Waals surface area contributed by atoms with Gasteiger partial charge in [0.2, 0.25) is 0 Å². The fourth-order valence-electron chi connectivity index (χ4n) is 3.48. The Morgan fingerprint density at radius 2 is 2.00 bits per heavy atom. The van der Waals surface area contributed by atoms with Crippen LogP contribution in [0, 0.1) is 12.8 Å². The Labute approximate surface area is 186 Å². The number of nitrogens with zero attached hydrogens (tertiary/aromatic N) is 3. The van der Waals surface area contributed by atoms with Crippen LogP contribution in [0.25, 0.3) is 11.0 Å². The van der Waals surface area contributed by atoms with Crippen molar-refractivity contribution >= 4 is 28.5 Å². The van der Waals surface area contributed by atoms with Crippen molar-refractivity contribution in [3.8, 4) is 0 Å². The Morgan fingerprint density at radius 3 is 2.83 bits per heavy atom. The first kappa shape index (κ1) is 10.1. The molecule has 5 heteroatoms. The average molecular weight is 399 g/mol. The van der Waals surface area contributed by atoms with Crippen LogP contribution in [0.2, 0.25) is 0 Å². The molecule has 2 aromatic heterocycles. The zero-order valence-electron chi connectivity index (χ0n) is 26.3. The minimum absolute atomic E-state index is 0.0643. The van der Waals surface area contributed by atoms with Gasteiger partial charge in [0.15, 0.2) is 5.65 Å². The van der Waals surface area contributed by atoms with Gasteiger partial charge in [0.1, 0.15) is 11.6 Å². The molecule has 3 aromatic rings. The molecule has 0 saturated heterocycles. The van der Waals surface area contributed by atoms with E-state index in [0.29, 0.717) is 10.9 Å². The number of benzene rings is 1. The Balaban J connectivity index is 1.70. The summed E-state index contributed by atoms with van der Waals surface area (Å²) in [7, 11) is 0. The summed E-state index contributed by atoms with van der Waals surface area (Å²) >= 11 is 0. The van der Waals surface area contributed by atoms with Gasteiger partial charge in [-0.3, -0.25) is 14.5 Å². The van der Waals surface area contributed by atoms with Gasteiger partial charge < -0.3 is 0 Å². The third kappa shape index (κ3) is 3.77. The molecule has 0 bridgehead atoms. The third-order valence-corrected chi connectivity index (χ3v) is 4.79. The molecule has 0 aliphatic carbocycles. The lowest BCUT2D eigenvalue weighted by Crippen LogP contribution is -2.30. The molecule has 29 heavy (non-hydrogen) atoms. The molecular weight excluding hydrogens is 362 g/mol. The quantitative estimate of drug-likeness (QED) is 0.584. The van der Waals surface area contributed by atoms with Crippen LogP contribution in [0.4, 0.5) is 5.82 Å². The number of hydrogen-bond donors (Lipinski definition) is 0. The van der Waals surface area contributed by atoms with Crippen LogP contribution in [0.1, 0.15) is 75.7 Å². The van der Waals surface area contributed by atoms with E-state index >= 15 is 0 Å². The Bertz CT molecular complexity index is 1450. The molecule has 148 valence electrons. The summed E-state index contributed by atoms with van der Waals surface area (Å²) in [6, 6.07) is 11.5. The summed E-state index contributed by atoms with van der Waals surface area (Å²) in [6.07, 6.45) is -4.33. The smallest absolute Gasteiger partial charge is 0.260 e. The van der Waals surface area contributed by atoms with Crippen LogP contribution < -0.4 is 4.90 Å². The van der Waals surface area contributed by atoms with E-state index in [2.05, 4.69) is 9.97 Å². The molecule has 0 spiro atoms. The number of aryl methyl sites for hydroxylation is 1. The van der Waals surface area contributed by atoms with E-state index in [1.54, 1.807) is 30.3 Å². The van der Waals surface area contributed by atoms with Crippen molar-refractivity contribution < 1.29 is 24.7 Å². The minimum Gasteiger partial charge on any atom is -0.300 e. The molecule has 0 saturated carbocycles. The van der Waals surface area contributed by atoms with Gasteiger partial charge in [-0.15, -0.1) is 0 Å². The number of anilines is 1. The number of pyridine rings is 2. The topological polar surface area (TPSA) is 63.2 Å². The maximum absolute atomic E-state index is 13.4. The SMILES string of the molecule is [2H]C([2H])([2H])c1ccc2ccc(N3C(=O)c4ccccc4[C@@H]3CC(=O)CC([2H])([2H])C(C([2H])([2H])[2H])C([2H])([2H])[2H])nc2n1. The number of ketones is 1. The largest absolute Gasteiger partial charge is 0.300 e.